The highest BCUT2D eigenvalue weighted by Crippen LogP contribution is 2.27. The lowest BCUT2D eigenvalue weighted by molar-refractivity contribution is -0.384. The Morgan fingerprint density at radius 2 is 1.83 bits per heavy atom. The number of aromatic nitrogens is 2. The van der Waals surface area contributed by atoms with Gasteiger partial charge in [0.2, 0.25) is 0 Å². The number of carbonyl (C=O) groups excluding carboxylic acids is 1. The van der Waals surface area contributed by atoms with Crippen molar-refractivity contribution in [3.63, 3.8) is 0 Å². The number of aromatic amines is 1. The van der Waals surface area contributed by atoms with Gasteiger partial charge in [-0.1, -0.05) is 54.6 Å². The van der Waals surface area contributed by atoms with Gasteiger partial charge in [0.05, 0.1) is 16.3 Å². The van der Waals surface area contributed by atoms with Crippen LogP contribution in [-0.4, -0.2) is 26.7 Å². The van der Waals surface area contributed by atoms with E-state index in [1.54, 1.807) is 25.1 Å². The number of benzene rings is 3. The van der Waals surface area contributed by atoms with Gasteiger partial charge in [0, 0.05) is 23.3 Å². The van der Waals surface area contributed by atoms with Gasteiger partial charge in [-0.05, 0) is 23.8 Å². The summed E-state index contributed by atoms with van der Waals surface area (Å²) in [6.07, 6.45) is 0. The van der Waals surface area contributed by atoms with Crippen LogP contribution in [0.3, 0.4) is 0 Å². The molecule has 3 aromatic carbocycles. The molecule has 1 aromatic heterocycles. The maximum absolute atomic E-state index is 12.5. The van der Waals surface area contributed by atoms with E-state index < -0.39 is 10.8 Å². The summed E-state index contributed by atoms with van der Waals surface area (Å²) in [6.45, 7) is 1.66. The summed E-state index contributed by atoms with van der Waals surface area (Å²) in [5.74, 6) is -0.459. The SMILES string of the molecule is C/C(=N\NC(=O)c1cc(-c2cccc3ccccc23)n[nH]1)c1cccc([N+](=O)[O-])c1. The normalized spacial score (nSPS) is 11.4. The van der Waals surface area contributed by atoms with Crippen LogP contribution in [0, 0.1) is 10.1 Å². The van der Waals surface area contributed by atoms with Crippen molar-refractivity contribution >= 4 is 28.1 Å². The molecule has 0 aliphatic rings. The monoisotopic (exact) mass is 399 g/mol. The quantitative estimate of drug-likeness (QED) is 0.296. The first-order valence-corrected chi connectivity index (χ1v) is 9.16. The number of rotatable bonds is 5. The van der Waals surface area contributed by atoms with Crippen molar-refractivity contribution in [2.75, 3.05) is 0 Å². The van der Waals surface area contributed by atoms with Crippen LogP contribution in [0.15, 0.2) is 77.9 Å². The number of carbonyl (C=O) groups is 1. The van der Waals surface area contributed by atoms with Crippen LogP contribution in [0.1, 0.15) is 23.0 Å². The first kappa shape index (κ1) is 19.0. The largest absolute Gasteiger partial charge is 0.289 e. The fourth-order valence-electron chi connectivity index (χ4n) is 3.13. The van der Waals surface area contributed by atoms with Gasteiger partial charge in [0.15, 0.2) is 0 Å². The number of H-pyrrole nitrogens is 1. The highest BCUT2D eigenvalue weighted by atomic mass is 16.6. The Morgan fingerprint density at radius 1 is 1.07 bits per heavy atom. The number of nitro benzene ring substituents is 1. The van der Waals surface area contributed by atoms with Crippen LogP contribution in [0.2, 0.25) is 0 Å². The Hall–Kier alpha value is -4.33. The predicted molar refractivity (Wildman–Crippen MR) is 114 cm³/mol. The zero-order chi connectivity index (χ0) is 21.1. The number of fused-ring (bicyclic) bond motifs is 1. The third-order valence-electron chi connectivity index (χ3n) is 4.69. The number of nitro groups is 1. The van der Waals surface area contributed by atoms with Gasteiger partial charge in [0.1, 0.15) is 5.69 Å². The first-order valence-electron chi connectivity index (χ1n) is 9.16. The first-order chi connectivity index (χ1) is 14.5. The molecule has 1 amide bonds. The van der Waals surface area contributed by atoms with E-state index >= 15 is 0 Å². The fourth-order valence-corrected chi connectivity index (χ4v) is 3.13. The molecule has 4 rings (SSSR count). The predicted octanol–water partition coefficient (Wildman–Crippen LogP) is 4.29. The molecule has 0 radical (unpaired) electrons. The molecule has 0 aliphatic carbocycles. The summed E-state index contributed by atoms with van der Waals surface area (Å²) >= 11 is 0. The van der Waals surface area contributed by atoms with Crippen molar-refractivity contribution in [2.45, 2.75) is 6.92 Å². The van der Waals surface area contributed by atoms with Gasteiger partial charge in [-0.2, -0.15) is 10.2 Å². The van der Waals surface area contributed by atoms with Crippen molar-refractivity contribution in [1.82, 2.24) is 15.6 Å². The second-order valence-electron chi connectivity index (χ2n) is 6.64. The molecule has 1 heterocycles. The van der Waals surface area contributed by atoms with Crippen molar-refractivity contribution < 1.29 is 9.72 Å². The molecule has 4 aromatic rings. The molecule has 2 N–H and O–H groups in total. The lowest BCUT2D eigenvalue weighted by Gasteiger charge is -2.03. The Balaban J connectivity index is 1.54. The number of non-ortho nitro benzene ring substituents is 1. The van der Waals surface area contributed by atoms with Gasteiger partial charge in [0.25, 0.3) is 11.6 Å². The van der Waals surface area contributed by atoms with E-state index in [-0.39, 0.29) is 11.4 Å². The maximum atomic E-state index is 12.5. The number of amides is 1. The third-order valence-corrected chi connectivity index (χ3v) is 4.69. The average Bonchev–Trinajstić information content (AvgIpc) is 3.27. The topological polar surface area (TPSA) is 113 Å². The standard InChI is InChI=1S/C22H17N5O3/c1-14(16-8-4-9-17(12-16)27(29)30)23-26-22(28)21-13-20(24-25-21)19-11-5-7-15-6-2-3-10-18(15)19/h2-13H,1H3,(H,24,25)(H,26,28)/b23-14+. The van der Waals surface area contributed by atoms with E-state index in [4.69, 9.17) is 0 Å². The van der Waals surface area contributed by atoms with E-state index in [0.29, 0.717) is 17.0 Å². The molecule has 0 unspecified atom stereocenters. The molecule has 0 spiro atoms. The van der Waals surface area contributed by atoms with E-state index in [0.717, 1.165) is 16.3 Å². The maximum Gasteiger partial charge on any atom is 0.289 e. The van der Waals surface area contributed by atoms with Crippen LogP contribution in [0.5, 0.6) is 0 Å². The lowest BCUT2D eigenvalue weighted by Crippen LogP contribution is -2.19. The Labute approximate surface area is 171 Å². The van der Waals surface area contributed by atoms with Crippen LogP contribution >= 0.6 is 0 Å². The van der Waals surface area contributed by atoms with Crippen molar-refractivity contribution in [3.8, 4) is 11.3 Å². The second-order valence-corrected chi connectivity index (χ2v) is 6.64. The molecule has 8 nitrogen and oxygen atoms in total. The minimum Gasteiger partial charge on any atom is -0.272 e. The van der Waals surface area contributed by atoms with Crippen LogP contribution in [0.25, 0.3) is 22.0 Å². The van der Waals surface area contributed by atoms with E-state index in [9.17, 15) is 14.9 Å². The second kappa shape index (κ2) is 7.96. The third kappa shape index (κ3) is 3.79. The van der Waals surface area contributed by atoms with E-state index in [1.807, 2.05) is 42.5 Å². The zero-order valence-electron chi connectivity index (χ0n) is 16.0. The molecule has 148 valence electrons. The van der Waals surface area contributed by atoms with Gasteiger partial charge >= 0.3 is 0 Å². The molecule has 0 aliphatic heterocycles. The van der Waals surface area contributed by atoms with Gasteiger partial charge in [-0.3, -0.25) is 20.0 Å². The van der Waals surface area contributed by atoms with Gasteiger partial charge < -0.3 is 0 Å². The summed E-state index contributed by atoms with van der Waals surface area (Å²) in [6, 6.07) is 21.6. The molecule has 0 atom stereocenters. The molecule has 0 fully saturated rings. The van der Waals surface area contributed by atoms with E-state index in [1.165, 1.54) is 12.1 Å². The number of hydrazone groups is 1. The summed E-state index contributed by atoms with van der Waals surface area (Å²) in [5.41, 5.74) is 5.23. The number of nitrogens with one attached hydrogen (secondary N) is 2. The zero-order valence-corrected chi connectivity index (χ0v) is 16.0. The number of hydrogen-bond donors (Lipinski definition) is 2. The minimum atomic E-state index is -0.477. The summed E-state index contributed by atoms with van der Waals surface area (Å²) in [4.78, 5) is 22.9. The Morgan fingerprint density at radius 3 is 2.67 bits per heavy atom. The Kier molecular flexibility index (Phi) is 5.04. The van der Waals surface area contributed by atoms with Crippen molar-refractivity contribution in [2.24, 2.45) is 5.10 Å². The summed E-state index contributed by atoms with van der Waals surface area (Å²) in [7, 11) is 0. The summed E-state index contributed by atoms with van der Waals surface area (Å²) in [5, 5.41) is 24.1. The van der Waals surface area contributed by atoms with Crippen LogP contribution in [0.4, 0.5) is 5.69 Å². The summed E-state index contributed by atoms with van der Waals surface area (Å²) < 4.78 is 0. The molecule has 8 heteroatoms. The smallest absolute Gasteiger partial charge is 0.272 e. The number of hydrogen-bond acceptors (Lipinski definition) is 5. The van der Waals surface area contributed by atoms with Crippen molar-refractivity contribution in [3.05, 3.63) is 94.2 Å². The molecule has 30 heavy (non-hydrogen) atoms. The lowest BCUT2D eigenvalue weighted by atomic mass is 10.0. The average molecular weight is 399 g/mol. The highest BCUT2D eigenvalue weighted by molar-refractivity contribution is 6.01. The highest BCUT2D eigenvalue weighted by Gasteiger charge is 2.13. The molecule has 0 saturated carbocycles. The van der Waals surface area contributed by atoms with Gasteiger partial charge in [-0.15, -0.1) is 0 Å². The van der Waals surface area contributed by atoms with E-state index in [2.05, 4.69) is 20.7 Å². The minimum absolute atomic E-state index is 0.0401. The van der Waals surface area contributed by atoms with Crippen LogP contribution < -0.4 is 5.43 Å². The molecular weight excluding hydrogens is 382 g/mol. The number of nitrogens with zero attached hydrogens (tertiary/aromatic N) is 3. The van der Waals surface area contributed by atoms with Crippen LogP contribution in [-0.2, 0) is 0 Å². The fraction of sp³-hybridized carbons (Fsp3) is 0.0455. The van der Waals surface area contributed by atoms with Gasteiger partial charge in [-0.25, -0.2) is 5.43 Å². The molecular formula is C22H17N5O3. The van der Waals surface area contributed by atoms with Crippen molar-refractivity contribution in [1.29, 1.82) is 0 Å². The Bertz CT molecular complexity index is 1290. The molecule has 0 saturated heterocycles. The molecule has 0 bridgehead atoms.